The van der Waals surface area contributed by atoms with Gasteiger partial charge in [0.25, 0.3) is 5.91 Å². The van der Waals surface area contributed by atoms with Crippen LogP contribution in [0.25, 0.3) is 0 Å². The zero-order chi connectivity index (χ0) is 26.2. The van der Waals surface area contributed by atoms with Gasteiger partial charge in [0.05, 0.1) is 5.56 Å². The maximum Gasteiger partial charge on any atom is 0.270 e. The summed E-state index contributed by atoms with van der Waals surface area (Å²) in [5.74, 6) is -0.713. The highest BCUT2D eigenvalue weighted by atomic mass is 19.1. The maximum absolute atomic E-state index is 14.1. The molecule has 0 radical (unpaired) electrons. The van der Waals surface area contributed by atoms with Gasteiger partial charge >= 0.3 is 0 Å². The first-order valence-corrected chi connectivity index (χ1v) is 12.1. The topological polar surface area (TPSA) is 42.1 Å². The van der Waals surface area contributed by atoms with Crippen molar-refractivity contribution in [1.82, 2.24) is 19.8 Å². The van der Waals surface area contributed by atoms with Crippen molar-refractivity contribution in [1.29, 1.82) is 0 Å². The molecule has 0 aliphatic carbocycles. The summed E-state index contributed by atoms with van der Waals surface area (Å²) in [7, 11) is 11.7. The standard InChI is InChI=1S/C29H38FN5O/c1-32(2)19-23-9-7-22(8-10-23)18-31-28-16-15-26(30)17-27(28)29(36)35(6)34(5)21-25-13-11-24(12-14-25)20-33(3)4/h7-17,31H,18-21H2,1-6H3. The Morgan fingerprint density at radius 3 is 1.67 bits per heavy atom. The zero-order valence-corrected chi connectivity index (χ0v) is 22.3. The first-order chi connectivity index (χ1) is 17.1. The van der Waals surface area contributed by atoms with Crippen molar-refractivity contribution >= 4 is 11.6 Å². The van der Waals surface area contributed by atoms with Gasteiger partial charge in [-0.15, -0.1) is 0 Å². The SMILES string of the molecule is CN(C)Cc1ccc(CNc2ccc(F)cc2C(=O)N(C)N(C)Cc2ccc(CN(C)C)cc2)cc1. The van der Waals surface area contributed by atoms with Gasteiger partial charge in [0.2, 0.25) is 0 Å². The van der Waals surface area contributed by atoms with Crippen molar-refractivity contribution in [3.63, 3.8) is 0 Å². The Morgan fingerprint density at radius 2 is 1.17 bits per heavy atom. The second-order valence-electron chi connectivity index (χ2n) is 9.80. The molecule has 1 N–H and O–H groups in total. The van der Waals surface area contributed by atoms with Crippen LogP contribution in [0.15, 0.2) is 66.7 Å². The Bertz CT molecular complexity index is 1130. The van der Waals surface area contributed by atoms with Gasteiger partial charge in [-0.3, -0.25) is 9.80 Å². The molecule has 7 heteroatoms. The van der Waals surface area contributed by atoms with Crippen molar-refractivity contribution in [3.8, 4) is 0 Å². The summed E-state index contributed by atoms with van der Waals surface area (Å²) >= 11 is 0. The number of hydrogen-bond donors (Lipinski definition) is 1. The monoisotopic (exact) mass is 491 g/mol. The third-order valence-corrected chi connectivity index (χ3v) is 5.96. The average molecular weight is 492 g/mol. The molecule has 0 atom stereocenters. The smallest absolute Gasteiger partial charge is 0.270 e. The summed E-state index contributed by atoms with van der Waals surface area (Å²) in [6.07, 6.45) is 0. The van der Waals surface area contributed by atoms with E-state index in [9.17, 15) is 9.18 Å². The lowest BCUT2D eigenvalue weighted by Crippen LogP contribution is -2.41. The van der Waals surface area contributed by atoms with Gasteiger partial charge in [0, 0.05) is 46.0 Å². The Hall–Kier alpha value is -3.26. The predicted octanol–water partition coefficient (Wildman–Crippen LogP) is 4.68. The van der Waals surface area contributed by atoms with Crippen molar-refractivity contribution < 1.29 is 9.18 Å². The van der Waals surface area contributed by atoms with E-state index in [1.165, 1.54) is 28.3 Å². The van der Waals surface area contributed by atoms with Gasteiger partial charge in [0.1, 0.15) is 5.82 Å². The second-order valence-corrected chi connectivity index (χ2v) is 9.80. The second kappa shape index (κ2) is 12.6. The number of hydrazine groups is 1. The minimum Gasteiger partial charge on any atom is -0.380 e. The van der Waals surface area contributed by atoms with Gasteiger partial charge in [-0.05, 0) is 68.6 Å². The minimum atomic E-state index is -0.440. The molecule has 0 bridgehead atoms. The van der Waals surface area contributed by atoms with Gasteiger partial charge in [-0.1, -0.05) is 48.5 Å². The van der Waals surface area contributed by atoms with Gasteiger partial charge in [-0.25, -0.2) is 9.40 Å². The quantitative estimate of drug-likeness (QED) is 0.395. The highest BCUT2D eigenvalue weighted by Gasteiger charge is 2.20. The van der Waals surface area contributed by atoms with Crippen LogP contribution in [0, 0.1) is 5.82 Å². The number of carbonyl (C=O) groups is 1. The molecule has 0 aliphatic rings. The molecule has 3 aromatic rings. The van der Waals surface area contributed by atoms with E-state index in [2.05, 4.69) is 63.6 Å². The Kier molecular flexibility index (Phi) is 9.58. The average Bonchev–Trinajstić information content (AvgIpc) is 2.83. The van der Waals surface area contributed by atoms with Gasteiger partial charge in [0.15, 0.2) is 0 Å². The molecule has 1 amide bonds. The van der Waals surface area contributed by atoms with Crippen LogP contribution in [0.1, 0.15) is 32.6 Å². The molecule has 0 saturated heterocycles. The van der Waals surface area contributed by atoms with E-state index < -0.39 is 5.82 Å². The van der Waals surface area contributed by atoms with E-state index in [0.717, 1.165) is 24.2 Å². The summed E-state index contributed by atoms with van der Waals surface area (Å²) in [5.41, 5.74) is 5.55. The molecule has 3 aromatic carbocycles. The molecule has 0 aromatic heterocycles. The molecule has 0 saturated carbocycles. The lowest BCUT2D eigenvalue weighted by Gasteiger charge is -2.29. The van der Waals surface area contributed by atoms with Crippen LogP contribution >= 0.6 is 0 Å². The van der Waals surface area contributed by atoms with E-state index >= 15 is 0 Å². The zero-order valence-electron chi connectivity index (χ0n) is 22.3. The highest BCUT2D eigenvalue weighted by Crippen LogP contribution is 2.21. The molecule has 0 aliphatic heterocycles. The molecular formula is C29H38FN5O. The molecule has 192 valence electrons. The Labute approximate surface area is 214 Å². The third-order valence-electron chi connectivity index (χ3n) is 5.96. The summed E-state index contributed by atoms with van der Waals surface area (Å²) in [4.78, 5) is 17.6. The van der Waals surface area contributed by atoms with Crippen LogP contribution in [-0.4, -0.2) is 68.0 Å². The number of benzene rings is 3. The van der Waals surface area contributed by atoms with Crippen molar-refractivity contribution in [3.05, 3.63) is 100 Å². The van der Waals surface area contributed by atoms with E-state index in [-0.39, 0.29) is 5.91 Å². The van der Waals surface area contributed by atoms with Crippen molar-refractivity contribution in [2.24, 2.45) is 0 Å². The van der Waals surface area contributed by atoms with E-state index in [1.807, 2.05) is 40.2 Å². The number of nitrogens with one attached hydrogen (secondary N) is 1. The van der Waals surface area contributed by atoms with Crippen LogP contribution in [0.4, 0.5) is 10.1 Å². The first-order valence-electron chi connectivity index (χ1n) is 12.1. The lowest BCUT2D eigenvalue weighted by molar-refractivity contribution is 0.0171. The first kappa shape index (κ1) is 27.3. The summed E-state index contributed by atoms with van der Waals surface area (Å²) in [6, 6.07) is 21.0. The molecule has 36 heavy (non-hydrogen) atoms. The number of rotatable bonds is 11. The number of nitrogens with zero attached hydrogens (tertiary/aromatic N) is 4. The van der Waals surface area contributed by atoms with Gasteiger partial charge < -0.3 is 15.1 Å². The normalized spacial score (nSPS) is 11.4. The molecule has 3 rings (SSSR count). The molecule has 0 spiro atoms. The molecule has 0 unspecified atom stereocenters. The van der Waals surface area contributed by atoms with Crippen LogP contribution < -0.4 is 5.32 Å². The van der Waals surface area contributed by atoms with Crippen LogP contribution in [-0.2, 0) is 26.2 Å². The van der Waals surface area contributed by atoms with E-state index in [0.29, 0.717) is 24.3 Å². The largest absolute Gasteiger partial charge is 0.380 e. The predicted molar refractivity (Wildman–Crippen MR) is 145 cm³/mol. The van der Waals surface area contributed by atoms with Crippen molar-refractivity contribution in [2.75, 3.05) is 47.6 Å². The van der Waals surface area contributed by atoms with E-state index in [1.54, 1.807) is 13.1 Å². The molecular weight excluding hydrogens is 453 g/mol. The number of anilines is 1. The summed E-state index contributed by atoms with van der Waals surface area (Å²) < 4.78 is 14.1. The fourth-order valence-electron chi connectivity index (χ4n) is 3.99. The number of hydrogen-bond acceptors (Lipinski definition) is 5. The number of amides is 1. The van der Waals surface area contributed by atoms with Crippen LogP contribution in [0.2, 0.25) is 0 Å². The lowest BCUT2D eigenvalue weighted by atomic mass is 10.1. The maximum atomic E-state index is 14.1. The summed E-state index contributed by atoms with van der Waals surface area (Å²) in [6.45, 7) is 2.85. The van der Waals surface area contributed by atoms with E-state index in [4.69, 9.17) is 0 Å². The molecule has 0 heterocycles. The van der Waals surface area contributed by atoms with Crippen LogP contribution in [0.3, 0.4) is 0 Å². The fourth-order valence-corrected chi connectivity index (χ4v) is 3.99. The fraction of sp³-hybridized carbons (Fsp3) is 0.345. The Balaban J connectivity index is 1.67. The van der Waals surface area contributed by atoms with Gasteiger partial charge in [-0.2, -0.15) is 0 Å². The third kappa shape index (κ3) is 7.88. The molecule has 6 nitrogen and oxygen atoms in total. The minimum absolute atomic E-state index is 0.273. The van der Waals surface area contributed by atoms with Crippen molar-refractivity contribution in [2.45, 2.75) is 26.2 Å². The number of carbonyl (C=O) groups excluding carboxylic acids is 1. The summed E-state index contributed by atoms with van der Waals surface area (Å²) in [5, 5.41) is 6.68. The molecule has 0 fully saturated rings. The van der Waals surface area contributed by atoms with Crippen LogP contribution in [0.5, 0.6) is 0 Å². The Morgan fingerprint density at radius 1 is 0.694 bits per heavy atom. The highest BCUT2D eigenvalue weighted by molar-refractivity contribution is 5.99. The number of halogens is 1.